The molecule has 4 heterocycles. The minimum atomic E-state index is -0.727. The number of benzene rings is 2. The first-order valence-electron chi connectivity index (χ1n) is 26.9. The highest BCUT2D eigenvalue weighted by Crippen LogP contribution is 2.55. The van der Waals surface area contributed by atoms with Crippen LogP contribution in [0.2, 0.25) is 0 Å². The number of thioether (sulfide) groups is 2. The fraction of sp³-hybridized carbons (Fsp3) is 0.552. The van der Waals surface area contributed by atoms with Gasteiger partial charge in [-0.15, -0.1) is 23.5 Å². The predicted molar refractivity (Wildman–Crippen MR) is 292 cm³/mol. The van der Waals surface area contributed by atoms with E-state index in [1.165, 1.54) is 0 Å². The average Bonchev–Trinajstić information content (AvgIpc) is 4.33. The first kappa shape index (κ1) is 53.8. The molecule has 6 amide bonds. The van der Waals surface area contributed by atoms with Gasteiger partial charge in [-0.05, 0) is 125 Å². The highest BCUT2D eigenvalue weighted by atomic mass is 32.2. The Balaban J connectivity index is 0.784. The van der Waals surface area contributed by atoms with Crippen molar-refractivity contribution in [3.8, 4) is 23.7 Å². The van der Waals surface area contributed by atoms with Crippen LogP contribution in [0.15, 0.2) is 72.8 Å². The molecule has 18 heteroatoms. The molecule has 16 nitrogen and oxygen atoms in total. The molecule has 2 spiro atoms. The summed E-state index contributed by atoms with van der Waals surface area (Å²) in [5, 5.41) is 18.2. The van der Waals surface area contributed by atoms with Gasteiger partial charge in [-0.2, -0.15) is 0 Å². The Kier molecular flexibility index (Phi) is 16.4. The fourth-order valence-electron chi connectivity index (χ4n) is 12.9. The second-order valence-corrected chi connectivity index (χ2v) is 24.2. The summed E-state index contributed by atoms with van der Waals surface area (Å²) in [4.78, 5) is 88.1. The largest absolute Gasteiger partial charge is 0.363 e. The Labute approximate surface area is 454 Å². The van der Waals surface area contributed by atoms with E-state index in [4.69, 9.17) is 9.47 Å². The summed E-state index contributed by atoms with van der Waals surface area (Å²) >= 11 is 3.38. The van der Waals surface area contributed by atoms with Crippen molar-refractivity contribution in [2.75, 3.05) is 38.8 Å². The van der Waals surface area contributed by atoms with Crippen molar-refractivity contribution >= 4 is 59.0 Å². The molecular formula is C58H70N8O8S2. The van der Waals surface area contributed by atoms with E-state index in [0.717, 1.165) is 22.3 Å². The molecule has 2 aromatic carbocycles. The van der Waals surface area contributed by atoms with Crippen LogP contribution in [0.4, 0.5) is 0 Å². The number of amides is 6. The summed E-state index contributed by atoms with van der Waals surface area (Å²) in [6.07, 6.45) is 13.9. The maximum atomic E-state index is 14.9. The number of likely N-dealkylation sites (N-methyl/N-ethyl adjacent to an activating group) is 2. The Morgan fingerprint density at radius 3 is 1.41 bits per heavy atom. The van der Waals surface area contributed by atoms with Gasteiger partial charge >= 0.3 is 0 Å². The summed E-state index contributed by atoms with van der Waals surface area (Å²) in [5.74, 6) is 11.9. The molecular weight excluding hydrogens is 1000 g/mol. The molecule has 76 heavy (non-hydrogen) atoms. The lowest BCUT2D eigenvalue weighted by Crippen LogP contribution is -2.58. The van der Waals surface area contributed by atoms with Crippen LogP contribution in [0.3, 0.4) is 0 Å². The zero-order valence-corrected chi connectivity index (χ0v) is 45.4. The third-order valence-corrected chi connectivity index (χ3v) is 19.7. The van der Waals surface area contributed by atoms with Crippen molar-refractivity contribution in [3.63, 3.8) is 0 Å². The van der Waals surface area contributed by atoms with Crippen molar-refractivity contribution in [1.29, 1.82) is 0 Å². The summed E-state index contributed by atoms with van der Waals surface area (Å²) in [7, 11) is 3.41. The van der Waals surface area contributed by atoms with Crippen LogP contribution >= 0.6 is 23.5 Å². The van der Waals surface area contributed by atoms with Crippen LogP contribution in [0.5, 0.6) is 0 Å². The molecule has 4 aliphatic carbocycles. The van der Waals surface area contributed by atoms with Gasteiger partial charge in [0.05, 0.1) is 47.1 Å². The molecule has 4 aliphatic heterocycles. The fourth-order valence-corrected chi connectivity index (χ4v) is 15.9. The first-order valence-corrected chi connectivity index (χ1v) is 29.0. The molecule has 6 N–H and O–H groups in total. The van der Waals surface area contributed by atoms with Crippen molar-refractivity contribution in [2.45, 2.75) is 149 Å². The van der Waals surface area contributed by atoms with Crippen molar-refractivity contribution in [3.05, 3.63) is 95.1 Å². The number of hydrogen-bond donors (Lipinski definition) is 6. The molecule has 0 aromatic heterocycles. The van der Waals surface area contributed by atoms with E-state index in [0.29, 0.717) is 75.7 Å². The predicted octanol–water partition coefficient (Wildman–Crippen LogP) is 3.58. The van der Waals surface area contributed by atoms with Gasteiger partial charge in [-0.3, -0.25) is 28.8 Å². The maximum absolute atomic E-state index is 14.9. The van der Waals surface area contributed by atoms with E-state index in [1.54, 1.807) is 61.3 Å². The number of allylic oxidation sites excluding steroid dienone is 4. The molecule has 0 radical (unpaired) electrons. The lowest BCUT2D eigenvalue weighted by molar-refractivity contribution is -0.144. The third-order valence-electron chi connectivity index (χ3n) is 17.2. The molecule has 0 bridgehead atoms. The summed E-state index contributed by atoms with van der Waals surface area (Å²) in [6, 6.07) is 11.2. The van der Waals surface area contributed by atoms with E-state index in [-0.39, 0.29) is 59.4 Å². The minimum absolute atomic E-state index is 0.0683. The number of fused-ring (bicyclic) bond motifs is 4. The van der Waals surface area contributed by atoms with Gasteiger partial charge in [0, 0.05) is 23.7 Å². The number of rotatable bonds is 14. The molecule has 10 rings (SSSR count). The van der Waals surface area contributed by atoms with Gasteiger partial charge in [0.2, 0.25) is 35.4 Å². The van der Waals surface area contributed by atoms with Crippen molar-refractivity contribution in [2.24, 2.45) is 10.8 Å². The van der Waals surface area contributed by atoms with E-state index in [2.05, 4.69) is 79.9 Å². The third kappa shape index (κ3) is 10.6. The SMILES string of the molecule is CN[C@@H](C)C(=O)N[C@H]1CCS[C@H]2CC3(CC=CC3)[C@@H](C(=O)N[C@H]3c4ccccc4C[C@H]3OCC#CC#CCO[C@@H]3Cc4ccccc4[C@@H]3NC(=O)[C@H]3N4C(=O)[C@@H](NC(=O)[C@H](C)NC)CCS[C@H]4CC34CC=CC4)N2C1=O. The number of hydrogen-bond acceptors (Lipinski definition) is 12. The van der Waals surface area contributed by atoms with E-state index in [1.807, 2.05) is 48.5 Å². The van der Waals surface area contributed by atoms with Crippen LogP contribution in [0, 0.1) is 34.5 Å². The van der Waals surface area contributed by atoms with Crippen molar-refractivity contribution < 1.29 is 38.2 Å². The number of carbonyl (C=O) groups is 6. The first-order chi connectivity index (χ1) is 36.8. The second-order valence-electron chi connectivity index (χ2n) is 21.6. The van der Waals surface area contributed by atoms with E-state index >= 15 is 0 Å². The smallest absolute Gasteiger partial charge is 0.246 e. The number of ether oxygens (including phenoxy) is 2. The Bertz CT molecular complexity index is 2580. The molecule has 0 unspecified atom stereocenters. The van der Waals surface area contributed by atoms with Crippen LogP contribution in [-0.4, -0.2) is 143 Å². The Morgan fingerprint density at radius 1 is 0.618 bits per heavy atom. The van der Waals surface area contributed by atoms with Crippen LogP contribution in [0.25, 0.3) is 0 Å². The van der Waals surface area contributed by atoms with Crippen LogP contribution in [0.1, 0.15) is 99.6 Å². The average molecular weight is 1070 g/mol. The van der Waals surface area contributed by atoms with Crippen LogP contribution in [-0.2, 0) is 51.1 Å². The van der Waals surface area contributed by atoms with Crippen LogP contribution < -0.4 is 31.9 Å². The van der Waals surface area contributed by atoms with Gasteiger partial charge in [0.1, 0.15) is 37.4 Å². The second kappa shape index (κ2) is 23.2. The van der Waals surface area contributed by atoms with Crippen molar-refractivity contribution in [1.82, 2.24) is 41.7 Å². The molecule has 8 aliphatic rings. The normalized spacial score (nSPS) is 29.9. The van der Waals surface area contributed by atoms with Gasteiger partial charge < -0.3 is 51.2 Å². The van der Waals surface area contributed by atoms with Gasteiger partial charge in [-0.1, -0.05) is 84.7 Å². The summed E-state index contributed by atoms with van der Waals surface area (Å²) in [6.45, 7) is 3.65. The van der Waals surface area contributed by atoms with Gasteiger partial charge in [-0.25, -0.2) is 0 Å². The topological polar surface area (TPSA) is 200 Å². The standard InChI is InChI=1S/C58H70N8O8S2/c1-35(59-3)51(67)61-41-21-29-75-45-33-57(23-11-12-24-57)49(65(45)55(41)71)53(69)63-47-39-19-9-7-17-37(39)31-43(47)73-27-15-5-6-16-28-74-44-32-38-18-8-10-20-40(38)48(44)64-54(70)50-58(25-13-14-26-58)34-46-66(50)56(72)42(22-30-76-46)62-52(68)36(2)60-4/h7-14,17-20,35-36,41-50,59-60H,21-34H2,1-4H3,(H,61,67)(H,62,68)(H,63,69)(H,64,70)/t35-,36-,41-,42-,43+,44+,45-,46-,47-,48-,49+,50+/m0/s1. The molecule has 4 saturated heterocycles. The molecule has 402 valence electrons. The number of carbonyl (C=O) groups excluding carboxylic acids is 6. The molecule has 4 fully saturated rings. The van der Waals surface area contributed by atoms with E-state index < -0.39 is 71.4 Å². The highest BCUT2D eigenvalue weighted by molar-refractivity contribution is 8.00. The van der Waals surface area contributed by atoms with Gasteiger partial charge in [0.15, 0.2) is 0 Å². The Morgan fingerprint density at radius 2 is 1.01 bits per heavy atom. The zero-order chi connectivity index (χ0) is 53.1. The van der Waals surface area contributed by atoms with Gasteiger partial charge in [0.25, 0.3) is 0 Å². The molecule has 2 aromatic rings. The lowest BCUT2D eigenvalue weighted by Gasteiger charge is -2.37. The number of nitrogens with zero attached hydrogens (tertiary/aromatic N) is 2. The minimum Gasteiger partial charge on any atom is -0.363 e. The summed E-state index contributed by atoms with van der Waals surface area (Å²) in [5.41, 5.74) is 3.19. The zero-order valence-electron chi connectivity index (χ0n) is 43.7. The maximum Gasteiger partial charge on any atom is 0.246 e. The monoisotopic (exact) mass is 1070 g/mol. The lowest BCUT2D eigenvalue weighted by atomic mass is 9.77. The van der Waals surface area contributed by atoms with E-state index in [9.17, 15) is 28.8 Å². The summed E-state index contributed by atoms with van der Waals surface area (Å²) < 4.78 is 12.9. The Hall–Kier alpha value is -5.60. The number of nitrogens with one attached hydrogen (secondary N) is 6. The quantitative estimate of drug-likeness (QED) is 0.119. The molecule has 0 saturated carbocycles. The molecule has 12 atom stereocenters. The highest BCUT2D eigenvalue weighted by Gasteiger charge is 2.61.